The van der Waals surface area contributed by atoms with Gasteiger partial charge in [-0.25, -0.2) is 9.18 Å². The molecule has 4 aliphatic heterocycles. The molecule has 12 heteroatoms. The van der Waals surface area contributed by atoms with Crippen LogP contribution in [-0.4, -0.2) is 101 Å². The number of hydrogen-bond donors (Lipinski definition) is 0. The molecular weight excluding hydrogens is 639 g/mol. The molecule has 50 heavy (non-hydrogen) atoms. The second-order valence-electron chi connectivity index (χ2n) is 15.1. The fourth-order valence-corrected chi connectivity index (χ4v) is 8.55. The number of carbonyl (C=O) groups excluding carboxylic acids is 1. The van der Waals surface area contributed by atoms with Crippen LogP contribution in [0, 0.1) is 5.82 Å². The largest absolute Gasteiger partial charge is 0.468 e. The Hall–Kier alpha value is -4.29. The number of fused-ring (bicyclic) bond motifs is 5. The van der Waals surface area contributed by atoms with Crippen molar-refractivity contribution in [3.63, 3.8) is 0 Å². The Balaban J connectivity index is 1.20. The van der Waals surface area contributed by atoms with Crippen molar-refractivity contribution in [3.05, 3.63) is 48.4 Å². The van der Waals surface area contributed by atoms with Gasteiger partial charge in [-0.15, -0.1) is 0 Å². The van der Waals surface area contributed by atoms with Crippen molar-refractivity contribution in [2.24, 2.45) is 0 Å². The van der Waals surface area contributed by atoms with Gasteiger partial charge in [0.05, 0.1) is 23.0 Å². The zero-order valence-corrected chi connectivity index (χ0v) is 29.3. The van der Waals surface area contributed by atoms with Crippen molar-refractivity contribution in [1.82, 2.24) is 24.8 Å². The van der Waals surface area contributed by atoms with Gasteiger partial charge in [-0.1, -0.05) is 24.3 Å². The Labute approximate surface area is 291 Å². The van der Waals surface area contributed by atoms with Gasteiger partial charge in [0.25, 0.3) is 0 Å². The molecule has 4 aromatic rings. The number of pyridine rings is 1. The first-order valence-electron chi connectivity index (χ1n) is 17.8. The average Bonchev–Trinajstić information content (AvgIpc) is 3.76. The highest BCUT2D eigenvalue weighted by Gasteiger charge is 2.46. The fraction of sp³-hybridized carbons (Fsp3) is 0.526. The predicted molar refractivity (Wildman–Crippen MR) is 188 cm³/mol. The van der Waals surface area contributed by atoms with Crippen LogP contribution in [0.15, 0.2) is 42.6 Å². The molecule has 2 aromatic heterocycles. The number of anilines is 1. The number of nitrogens with zero attached hydrogens (tertiary/aromatic N) is 6. The first kappa shape index (κ1) is 32.9. The number of aromatic nitrogens is 3. The lowest BCUT2D eigenvalue weighted by Crippen LogP contribution is -2.57. The summed E-state index contributed by atoms with van der Waals surface area (Å²) in [5.74, 6) is 0.560. The van der Waals surface area contributed by atoms with Crippen LogP contribution < -0.4 is 14.4 Å². The minimum absolute atomic E-state index is 0.0276. The third-order valence-corrected chi connectivity index (χ3v) is 10.7. The first-order valence-corrected chi connectivity index (χ1v) is 17.8. The molecule has 0 spiro atoms. The zero-order chi connectivity index (χ0) is 34.6. The summed E-state index contributed by atoms with van der Waals surface area (Å²) < 4.78 is 40.2. The molecule has 264 valence electrons. The molecular formula is C38H45FN6O5. The first-order chi connectivity index (χ1) is 24.1. The SMILES string of the molecule is COCOc1cc(-c2ncc3c(N4CC5CCC(C4)N5C(=O)OC(C)(C)C)nc(OCC45CCCN4CCC5)nc3c2F)c2ccccc2c1. The molecule has 2 bridgehead atoms. The normalized spacial score (nSPS) is 21.6. The van der Waals surface area contributed by atoms with Crippen LogP contribution in [0.3, 0.4) is 0 Å². The van der Waals surface area contributed by atoms with Gasteiger partial charge in [-0.3, -0.25) is 14.8 Å². The van der Waals surface area contributed by atoms with Crippen molar-refractivity contribution in [3.8, 4) is 23.0 Å². The van der Waals surface area contributed by atoms with Crippen molar-refractivity contribution in [2.75, 3.05) is 51.6 Å². The summed E-state index contributed by atoms with van der Waals surface area (Å²) >= 11 is 0. The minimum Gasteiger partial charge on any atom is -0.468 e. The van der Waals surface area contributed by atoms with Gasteiger partial charge in [0.15, 0.2) is 12.6 Å². The quantitative estimate of drug-likeness (QED) is 0.190. The van der Waals surface area contributed by atoms with Gasteiger partial charge < -0.3 is 23.8 Å². The van der Waals surface area contributed by atoms with E-state index in [0.29, 0.717) is 42.2 Å². The predicted octanol–water partition coefficient (Wildman–Crippen LogP) is 6.56. The molecule has 0 radical (unpaired) electrons. The second-order valence-corrected chi connectivity index (χ2v) is 15.1. The number of hydrogen-bond acceptors (Lipinski definition) is 10. The highest BCUT2D eigenvalue weighted by molar-refractivity contribution is 6.00. The Morgan fingerprint density at radius 1 is 1.00 bits per heavy atom. The van der Waals surface area contributed by atoms with Crippen LogP contribution in [0.25, 0.3) is 32.9 Å². The lowest BCUT2D eigenvalue weighted by atomic mass is 9.95. The van der Waals surface area contributed by atoms with E-state index in [2.05, 4.69) is 9.80 Å². The molecule has 8 rings (SSSR count). The molecule has 2 aromatic carbocycles. The Morgan fingerprint density at radius 3 is 2.46 bits per heavy atom. The van der Waals surface area contributed by atoms with E-state index in [-0.39, 0.29) is 47.7 Å². The van der Waals surface area contributed by atoms with Crippen LogP contribution in [0.1, 0.15) is 59.3 Å². The topological polar surface area (TPSA) is 102 Å². The molecule has 2 atom stereocenters. The lowest BCUT2D eigenvalue weighted by molar-refractivity contribution is 0.0122. The second kappa shape index (κ2) is 12.8. The van der Waals surface area contributed by atoms with Crippen molar-refractivity contribution in [2.45, 2.75) is 82.5 Å². The van der Waals surface area contributed by atoms with E-state index in [1.165, 1.54) is 0 Å². The van der Waals surface area contributed by atoms with Gasteiger partial charge in [0, 0.05) is 32.0 Å². The molecule has 2 unspecified atom stereocenters. The van der Waals surface area contributed by atoms with Crippen LogP contribution in [0.4, 0.5) is 15.0 Å². The Kier molecular flexibility index (Phi) is 8.42. The Bertz CT molecular complexity index is 1910. The van der Waals surface area contributed by atoms with Gasteiger partial charge in [0.2, 0.25) is 0 Å². The number of piperazine rings is 1. The third kappa shape index (κ3) is 5.96. The van der Waals surface area contributed by atoms with Crippen molar-refractivity contribution < 1.29 is 28.1 Å². The zero-order valence-electron chi connectivity index (χ0n) is 29.3. The van der Waals surface area contributed by atoms with Crippen molar-refractivity contribution >= 4 is 33.6 Å². The van der Waals surface area contributed by atoms with E-state index in [1.807, 2.05) is 56.0 Å². The molecule has 11 nitrogen and oxygen atoms in total. The smallest absolute Gasteiger partial charge is 0.410 e. The molecule has 4 fully saturated rings. The maximum atomic E-state index is 17.1. The number of rotatable bonds is 8. The fourth-order valence-electron chi connectivity index (χ4n) is 8.55. The van der Waals surface area contributed by atoms with Gasteiger partial charge in [-0.05, 0) is 95.3 Å². The number of methoxy groups -OCH3 is 1. The standard InChI is InChI=1S/C38H45FN6O5/c1-37(2,3)50-36(46)45-25-11-12-26(45)21-43(20-25)34-30-19-40-32(29-18-27(49-23-47-4)17-24-9-5-6-10-28(24)29)31(39)33(30)41-35(42-34)48-22-38-13-7-15-44(38)16-8-14-38/h5-6,9-10,17-19,25-26H,7-8,11-16,20-23H2,1-4H3. The van der Waals surface area contributed by atoms with Crippen LogP contribution in [-0.2, 0) is 9.47 Å². The maximum Gasteiger partial charge on any atom is 0.410 e. The summed E-state index contributed by atoms with van der Waals surface area (Å²) in [6.07, 6.45) is 7.51. The lowest BCUT2D eigenvalue weighted by Gasteiger charge is -2.42. The van der Waals surface area contributed by atoms with E-state index < -0.39 is 11.4 Å². The summed E-state index contributed by atoms with van der Waals surface area (Å²) in [6.45, 7) is 9.38. The molecule has 4 saturated heterocycles. The van der Waals surface area contributed by atoms with Crippen LogP contribution in [0.2, 0.25) is 0 Å². The van der Waals surface area contributed by atoms with E-state index in [4.69, 9.17) is 33.9 Å². The highest BCUT2D eigenvalue weighted by Crippen LogP contribution is 2.41. The number of ether oxygens (including phenoxy) is 4. The molecule has 0 N–H and O–H groups in total. The summed E-state index contributed by atoms with van der Waals surface area (Å²) in [5, 5.41) is 2.23. The summed E-state index contributed by atoms with van der Waals surface area (Å²) in [7, 11) is 1.56. The Morgan fingerprint density at radius 2 is 1.74 bits per heavy atom. The van der Waals surface area contributed by atoms with E-state index in [0.717, 1.165) is 62.4 Å². The van der Waals surface area contributed by atoms with Gasteiger partial charge in [0.1, 0.15) is 35.0 Å². The van der Waals surface area contributed by atoms with Crippen LogP contribution in [0.5, 0.6) is 11.8 Å². The average molecular weight is 685 g/mol. The molecule has 0 saturated carbocycles. The number of amides is 1. The van der Waals surface area contributed by atoms with Gasteiger partial charge >= 0.3 is 12.1 Å². The van der Waals surface area contributed by atoms with Crippen LogP contribution >= 0.6 is 0 Å². The number of halogens is 1. The number of benzene rings is 2. The van der Waals surface area contributed by atoms with Crippen molar-refractivity contribution in [1.29, 1.82) is 0 Å². The summed E-state index contributed by atoms with van der Waals surface area (Å²) in [4.78, 5) is 34.2. The molecule has 1 amide bonds. The van der Waals surface area contributed by atoms with Gasteiger partial charge in [-0.2, -0.15) is 9.97 Å². The molecule has 0 aliphatic carbocycles. The molecule has 6 heterocycles. The van der Waals surface area contributed by atoms with E-state index in [9.17, 15) is 4.79 Å². The summed E-state index contributed by atoms with van der Waals surface area (Å²) in [6, 6.07) is 11.5. The highest BCUT2D eigenvalue weighted by atomic mass is 19.1. The monoisotopic (exact) mass is 684 g/mol. The molecule has 4 aliphatic rings. The summed E-state index contributed by atoms with van der Waals surface area (Å²) in [5.41, 5.74) is 0.291. The third-order valence-electron chi connectivity index (χ3n) is 10.7. The maximum absolute atomic E-state index is 17.1. The number of carbonyl (C=O) groups is 1. The van der Waals surface area contributed by atoms with E-state index in [1.54, 1.807) is 19.4 Å². The van der Waals surface area contributed by atoms with E-state index >= 15 is 4.39 Å². The minimum atomic E-state index is -0.585.